The molecule has 1 atom stereocenters. The van der Waals surface area contributed by atoms with Crippen LogP contribution in [-0.4, -0.2) is 25.1 Å². The van der Waals surface area contributed by atoms with E-state index in [0.717, 1.165) is 6.07 Å². The lowest BCUT2D eigenvalue weighted by atomic mass is 9.93. The second-order valence-corrected chi connectivity index (χ2v) is 5.79. The number of rotatable bonds is 4. The van der Waals surface area contributed by atoms with E-state index in [-0.39, 0.29) is 5.56 Å². The zero-order valence-corrected chi connectivity index (χ0v) is 12.8. The Kier molecular flexibility index (Phi) is 4.93. The van der Waals surface area contributed by atoms with Crippen LogP contribution in [0.3, 0.4) is 0 Å². The van der Waals surface area contributed by atoms with Gasteiger partial charge in [-0.3, -0.25) is 0 Å². The summed E-state index contributed by atoms with van der Waals surface area (Å²) in [5.41, 5.74) is -2.21. The third-order valence-electron chi connectivity index (χ3n) is 2.73. The molecule has 1 amide bonds. The summed E-state index contributed by atoms with van der Waals surface area (Å²) in [7, 11) is 1.41. The Balaban J connectivity index is 3.04. The molecule has 0 spiro atoms. The molecule has 0 fully saturated rings. The standard InChI is InChI=1S/C15H20FNO4/c1-14(2,3)21-13(19)17-15(4,9-18)11-7-6-10(20-5)8-12(11)16/h6-9H,1-5H3,(H,17,19). The topological polar surface area (TPSA) is 64.6 Å². The maximum absolute atomic E-state index is 14.1. The summed E-state index contributed by atoms with van der Waals surface area (Å²) in [6, 6.07) is 4.05. The second kappa shape index (κ2) is 6.11. The Hall–Kier alpha value is -2.11. The number of aldehydes is 1. The van der Waals surface area contributed by atoms with Gasteiger partial charge in [-0.15, -0.1) is 0 Å². The highest BCUT2D eigenvalue weighted by Crippen LogP contribution is 2.25. The van der Waals surface area contributed by atoms with Gasteiger partial charge in [0.25, 0.3) is 0 Å². The fourth-order valence-electron chi connectivity index (χ4n) is 1.72. The average molecular weight is 297 g/mol. The molecule has 0 heterocycles. The molecule has 21 heavy (non-hydrogen) atoms. The molecule has 0 radical (unpaired) electrons. The quantitative estimate of drug-likeness (QED) is 0.868. The van der Waals surface area contributed by atoms with Gasteiger partial charge < -0.3 is 19.6 Å². The predicted octanol–water partition coefficient (Wildman–Crippen LogP) is 2.77. The van der Waals surface area contributed by atoms with Crippen molar-refractivity contribution in [2.45, 2.75) is 38.8 Å². The zero-order valence-electron chi connectivity index (χ0n) is 12.8. The number of amides is 1. The first-order valence-corrected chi connectivity index (χ1v) is 6.43. The molecule has 0 aliphatic carbocycles. The fraction of sp³-hybridized carbons (Fsp3) is 0.467. The summed E-state index contributed by atoms with van der Waals surface area (Å²) in [6.45, 7) is 6.48. The van der Waals surface area contributed by atoms with Gasteiger partial charge >= 0.3 is 6.09 Å². The molecule has 5 nitrogen and oxygen atoms in total. The van der Waals surface area contributed by atoms with Crippen molar-refractivity contribution >= 4 is 12.4 Å². The molecule has 0 aliphatic heterocycles. The Labute approximate surface area is 123 Å². The molecular formula is C15H20FNO4. The lowest BCUT2D eigenvalue weighted by Crippen LogP contribution is -2.47. The van der Waals surface area contributed by atoms with E-state index in [9.17, 15) is 14.0 Å². The van der Waals surface area contributed by atoms with Crippen LogP contribution in [0.5, 0.6) is 5.75 Å². The van der Waals surface area contributed by atoms with Gasteiger partial charge in [0.1, 0.15) is 29.0 Å². The Morgan fingerprint density at radius 2 is 1.90 bits per heavy atom. The van der Waals surface area contributed by atoms with Crippen LogP contribution in [0.1, 0.15) is 33.3 Å². The number of hydrogen-bond acceptors (Lipinski definition) is 4. The van der Waals surface area contributed by atoms with Crippen molar-refractivity contribution in [1.29, 1.82) is 0 Å². The van der Waals surface area contributed by atoms with Crippen molar-refractivity contribution in [1.82, 2.24) is 5.32 Å². The van der Waals surface area contributed by atoms with Crippen molar-refractivity contribution in [3.05, 3.63) is 29.6 Å². The maximum atomic E-state index is 14.1. The molecule has 1 unspecified atom stereocenters. The molecule has 1 aromatic carbocycles. The van der Waals surface area contributed by atoms with E-state index in [0.29, 0.717) is 12.0 Å². The van der Waals surface area contributed by atoms with Crippen LogP contribution in [0.2, 0.25) is 0 Å². The first-order valence-electron chi connectivity index (χ1n) is 6.43. The van der Waals surface area contributed by atoms with E-state index >= 15 is 0 Å². The van der Waals surface area contributed by atoms with Gasteiger partial charge in [-0.2, -0.15) is 0 Å². The summed E-state index contributed by atoms with van der Waals surface area (Å²) in [6.07, 6.45) is -0.339. The van der Waals surface area contributed by atoms with Crippen molar-refractivity contribution in [3.8, 4) is 5.75 Å². The van der Waals surface area contributed by atoms with E-state index in [1.807, 2.05) is 0 Å². The van der Waals surface area contributed by atoms with Crippen LogP contribution in [0.25, 0.3) is 0 Å². The minimum Gasteiger partial charge on any atom is -0.497 e. The van der Waals surface area contributed by atoms with Gasteiger partial charge in [-0.25, -0.2) is 9.18 Å². The van der Waals surface area contributed by atoms with E-state index in [1.54, 1.807) is 20.8 Å². The van der Waals surface area contributed by atoms with Gasteiger partial charge in [0.15, 0.2) is 0 Å². The molecule has 6 heteroatoms. The number of carbonyl (C=O) groups excluding carboxylic acids is 2. The van der Waals surface area contributed by atoms with Gasteiger partial charge in [0.2, 0.25) is 0 Å². The molecule has 1 N–H and O–H groups in total. The summed E-state index contributed by atoms with van der Waals surface area (Å²) in [4.78, 5) is 23.2. The molecule has 0 bridgehead atoms. The smallest absolute Gasteiger partial charge is 0.408 e. The average Bonchev–Trinajstić information content (AvgIpc) is 2.35. The summed E-state index contributed by atoms with van der Waals surface area (Å²) >= 11 is 0. The minimum absolute atomic E-state index is 0.0316. The first-order chi connectivity index (χ1) is 9.61. The zero-order chi connectivity index (χ0) is 16.3. The number of benzene rings is 1. The highest BCUT2D eigenvalue weighted by molar-refractivity contribution is 5.78. The molecule has 116 valence electrons. The minimum atomic E-state index is -1.53. The molecule has 1 aromatic rings. The van der Waals surface area contributed by atoms with Crippen LogP contribution in [0.15, 0.2) is 18.2 Å². The number of nitrogens with one attached hydrogen (secondary N) is 1. The normalized spacial score (nSPS) is 14.0. The van der Waals surface area contributed by atoms with Gasteiger partial charge in [0.05, 0.1) is 7.11 Å². The monoisotopic (exact) mass is 297 g/mol. The molecule has 0 aromatic heterocycles. The first kappa shape index (κ1) is 16.9. The van der Waals surface area contributed by atoms with Gasteiger partial charge in [0, 0.05) is 11.6 Å². The van der Waals surface area contributed by atoms with Gasteiger partial charge in [-0.1, -0.05) is 0 Å². The molecule has 0 saturated heterocycles. The predicted molar refractivity (Wildman–Crippen MR) is 75.7 cm³/mol. The summed E-state index contributed by atoms with van der Waals surface area (Å²) in [5, 5.41) is 2.38. The summed E-state index contributed by atoms with van der Waals surface area (Å²) < 4.78 is 24.1. The van der Waals surface area contributed by atoms with Gasteiger partial charge in [-0.05, 0) is 39.8 Å². The van der Waals surface area contributed by atoms with Crippen molar-refractivity contribution in [3.63, 3.8) is 0 Å². The Morgan fingerprint density at radius 3 is 2.33 bits per heavy atom. The largest absolute Gasteiger partial charge is 0.497 e. The summed E-state index contributed by atoms with van der Waals surface area (Å²) in [5.74, 6) is -0.332. The van der Waals surface area contributed by atoms with E-state index in [2.05, 4.69) is 5.32 Å². The maximum Gasteiger partial charge on any atom is 0.408 e. The lowest BCUT2D eigenvalue weighted by Gasteiger charge is -2.28. The third-order valence-corrected chi connectivity index (χ3v) is 2.73. The SMILES string of the molecule is COc1ccc(C(C)(C=O)NC(=O)OC(C)(C)C)c(F)c1. The number of ether oxygens (including phenoxy) is 2. The number of carbonyl (C=O) groups is 2. The van der Waals surface area contributed by atoms with Crippen LogP contribution >= 0.6 is 0 Å². The Morgan fingerprint density at radius 1 is 1.29 bits per heavy atom. The van der Waals surface area contributed by atoms with Crippen molar-refractivity contribution < 1.29 is 23.5 Å². The van der Waals surface area contributed by atoms with E-state index in [1.165, 1.54) is 26.2 Å². The number of hydrogen-bond donors (Lipinski definition) is 1. The van der Waals surface area contributed by atoms with E-state index < -0.39 is 23.1 Å². The highest BCUT2D eigenvalue weighted by Gasteiger charge is 2.33. The molecule has 0 saturated carbocycles. The molecule has 0 aliphatic rings. The van der Waals surface area contributed by atoms with Crippen molar-refractivity contribution in [2.75, 3.05) is 7.11 Å². The number of halogens is 1. The third kappa shape index (κ3) is 4.44. The second-order valence-electron chi connectivity index (χ2n) is 5.79. The molecule has 1 rings (SSSR count). The lowest BCUT2D eigenvalue weighted by molar-refractivity contribution is -0.113. The highest BCUT2D eigenvalue weighted by atomic mass is 19.1. The fourth-order valence-corrected chi connectivity index (χ4v) is 1.72. The molecular weight excluding hydrogens is 277 g/mol. The van der Waals surface area contributed by atoms with Crippen LogP contribution in [0, 0.1) is 5.82 Å². The van der Waals surface area contributed by atoms with Crippen molar-refractivity contribution in [2.24, 2.45) is 0 Å². The van der Waals surface area contributed by atoms with Crippen LogP contribution in [-0.2, 0) is 15.1 Å². The Bertz CT molecular complexity index is 539. The number of alkyl carbamates (subject to hydrolysis) is 1. The van der Waals surface area contributed by atoms with E-state index in [4.69, 9.17) is 9.47 Å². The van der Waals surface area contributed by atoms with Crippen LogP contribution < -0.4 is 10.1 Å². The number of methoxy groups -OCH3 is 1. The van der Waals surface area contributed by atoms with Crippen LogP contribution in [0.4, 0.5) is 9.18 Å².